The van der Waals surface area contributed by atoms with E-state index in [1.165, 1.54) is 11.3 Å². The van der Waals surface area contributed by atoms with E-state index in [2.05, 4.69) is 15.9 Å². The maximum absolute atomic E-state index is 11.9. The highest BCUT2D eigenvalue weighted by atomic mass is 79.9. The first-order valence-electron chi connectivity index (χ1n) is 4.02. The number of hydrogen-bond acceptors (Lipinski definition) is 3. The van der Waals surface area contributed by atoms with Crippen LogP contribution in [0.5, 0.6) is 0 Å². The quantitative estimate of drug-likeness (QED) is 0.760. The van der Waals surface area contributed by atoms with E-state index in [-0.39, 0.29) is 5.78 Å². The highest BCUT2D eigenvalue weighted by Crippen LogP contribution is 2.28. The molecule has 0 N–H and O–H groups in total. The third-order valence-electron chi connectivity index (χ3n) is 1.88. The Bertz CT molecular complexity index is 456. The van der Waals surface area contributed by atoms with Crippen LogP contribution in [0.4, 0.5) is 0 Å². The smallest absolute Gasteiger partial charge is 0.204 e. The lowest BCUT2D eigenvalue weighted by Crippen LogP contribution is -1.97. The van der Waals surface area contributed by atoms with Gasteiger partial charge in [0.1, 0.15) is 0 Å². The van der Waals surface area contributed by atoms with Gasteiger partial charge in [0, 0.05) is 10.4 Å². The maximum atomic E-state index is 11.9. The van der Waals surface area contributed by atoms with Gasteiger partial charge in [0.2, 0.25) is 5.78 Å². The Labute approximate surface area is 98.5 Å². The molecule has 0 aromatic carbocycles. The van der Waals surface area contributed by atoms with Crippen LogP contribution in [0.1, 0.15) is 20.1 Å². The van der Waals surface area contributed by atoms with E-state index in [9.17, 15) is 4.79 Å². The molecule has 2 heterocycles. The molecule has 0 atom stereocenters. The number of ketones is 1. The van der Waals surface area contributed by atoms with Gasteiger partial charge in [0.25, 0.3) is 0 Å². The third-order valence-corrected chi connectivity index (χ3v) is 4.30. The highest BCUT2D eigenvalue weighted by molar-refractivity contribution is 9.11. The zero-order valence-electron chi connectivity index (χ0n) is 7.41. The van der Waals surface area contributed by atoms with Gasteiger partial charge in [-0.05, 0) is 40.4 Å². The van der Waals surface area contributed by atoms with Crippen LogP contribution in [-0.4, -0.2) is 5.78 Å². The average Bonchev–Trinajstić information content (AvgIpc) is 2.73. The fourth-order valence-electron chi connectivity index (χ4n) is 1.21. The standard InChI is InChI=1S/C10H7BrOS2/c1-6-7(5-9(11)14-6)10(12)8-3-2-4-13-8/h2-5H,1H3. The largest absolute Gasteiger partial charge is 0.288 e. The van der Waals surface area contributed by atoms with Crippen molar-refractivity contribution in [3.63, 3.8) is 0 Å². The van der Waals surface area contributed by atoms with Crippen molar-refractivity contribution in [2.24, 2.45) is 0 Å². The number of hydrogen-bond donors (Lipinski definition) is 0. The fraction of sp³-hybridized carbons (Fsp3) is 0.100. The van der Waals surface area contributed by atoms with E-state index in [4.69, 9.17) is 0 Å². The number of rotatable bonds is 2. The second-order valence-electron chi connectivity index (χ2n) is 2.83. The summed E-state index contributed by atoms with van der Waals surface area (Å²) in [4.78, 5) is 13.8. The molecular weight excluding hydrogens is 280 g/mol. The summed E-state index contributed by atoms with van der Waals surface area (Å²) < 4.78 is 1.01. The van der Waals surface area contributed by atoms with Crippen molar-refractivity contribution in [1.29, 1.82) is 0 Å². The van der Waals surface area contributed by atoms with Gasteiger partial charge in [-0.3, -0.25) is 4.79 Å². The molecule has 0 amide bonds. The highest BCUT2D eigenvalue weighted by Gasteiger charge is 2.14. The minimum absolute atomic E-state index is 0.124. The number of halogens is 1. The minimum Gasteiger partial charge on any atom is -0.288 e. The Morgan fingerprint density at radius 2 is 2.29 bits per heavy atom. The molecule has 0 saturated heterocycles. The summed E-state index contributed by atoms with van der Waals surface area (Å²) in [6.07, 6.45) is 0. The van der Waals surface area contributed by atoms with Crippen LogP contribution in [0.15, 0.2) is 27.4 Å². The molecule has 0 bridgehead atoms. The topological polar surface area (TPSA) is 17.1 Å². The summed E-state index contributed by atoms with van der Waals surface area (Å²) in [5.41, 5.74) is 0.810. The first kappa shape index (κ1) is 10.1. The summed E-state index contributed by atoms with van der Waals surface area (Å²) in [5.74, 6) is 0.124. The Kier molecular flexibility index (Phi) is 2.85. The predicted molar refractivity (Wildman–Crippen MR) is 64.5 cm³/mol. The molecule has 0 saturated carbocycles. The summed E-state index contributed by atoms with van der Waals surface area (Å²) in [7, 11) is 0. The fourth-order valence-corrected chi connectivity index (χ4v) is 3.58. The first-order valence-corrected chi connectivity index (χ1v) is 6.51. The van der Waals surface area contributed by atoms with E-state index in [1.54, 1.807) is 11.3 Å². The Morgan fingerprint density at radius 3 is 2.79 bits per heavy atom. The van der Waals surface area contributed by atoms with E-state index >= 15 is 0 Å². The second-order valence-corrected chi connectivity index (χ2v) is 6.41. The summed E-state index contributed by atoms with van der Waals surface area (Å²) in [5, 5.41) is 1.92. The molecule has 4 heteroatoms. The average molecular weight is 287 g/mol. The molecule has 2 aromatic rings. The zero-order valence-corrected chi connectivity index (χ0v) is 10.6. The van der Waals surface area contributed by atoms with Crippen LogP contribution in [0.25, 0.3) is 0 Å². The summed E-state index contributed by atoms with van der Waals surface area (Å²) in [6, 6.07) is 5.65. The van der Waals surface area contributed by atoms with E-state index in [0.717, 1.165) is 19.1 Å². The van der Waals surface area contributed by atoms with Gasteiger partial charge in [0.15, 0.2) is 0 Å². The monoisotopic (exact) mass is 286 g/mol. The van der Waals surface area contributed by atoms with Crippen molar-refractivity contribution in [3.05, 3.63) is 42.7 Å². The first-order chi connectivity index (χ1) is 6.68. The third kappa shape index (κ3) is 1.82. The lowest BCUT2D eigenvalue weighted by atomic mass is 10.1. The van der Waals surface area contributed by atoms with E-state index in [1.807, 2.05) is 30.5 Å². The maximum Gasteiger partial charge on any atom is 0.204 e. The van der Waals surface area contributed by atoms with Crippen LogP contribution in [0.2, 0.25) is 0 Å². The van der Waals surface area contributed by atoms with Gasteiger partial charge in [-0.25, -0.2) is 0 Å². The molecule has 0 aliphatic carbocycles. The van der Waals surface area contributed by atoms with Gasteiger partial charge < -0.3 is 0 Å². The SMILES string of the molecule is Cc1sc(Br)cc1C(=O)c1cccs1. The van der Waals surface area contributed by atoms with Crippen LogP contribution in [0.3, 0.4) is 0 Å². The molecule has 0 fully saturated rings. The van der Waals surface area contributed by atoms with Crippen molar-refractivity contribution in [3.8, 4) is 0 Å². The second kappa shape index (κ2) is 3.96. The summed E-state index contributed by atoms with van der Waals surface area (Å²) >= 11 is 6.46. The van der Waals surface area contributed by atoms with Crippen LogP contribution in [-0.2, 0) is 0 Å². The molecule has 72 valence electrons. The summed E-state index contributed by atoms with van der Waals surface area (Å²) in [6.45, 7) is 1.97. The minimum atomic E-state index is 0.124. The molecule has 0 aliphatic heterocycles. The van der Waals surface area contributed by atoms with Crippen molar-refractivity contribution in [2.45, 2.75) is 6.92 Å². The molecule has 0 aliphatic rings. The van der Waals surface area contributed by atoms with Crippen molar-refractivity contribution >= 4 is 44.4 Å². The van der Waals surface area contributed by atoms with Gasteiger partial charge in [-0.15, -0.1) is 22.7 Å². The molecule has 0 radical (unpaired) electrons. The van der Waals surface area contributed by atoms with Crippen LogP contribution in [0, 0.1) is 6.92 Å². The van der Waals surface area contributed by atoms with Crippen molar-refractivity contribution < 1.29 is 4.79 Å². The lowest BCUT2D eigenvalue weighted by Gasteiger charge is -1.94. The van der Waals surface area contributed by atoms with Gasteiger partial charge in [-0.1, -0.05) is 6.07 Å². The van der Waals surface area contributed by atoms with Gasteiger partial charge >= 0.3 is 0 Å². The van der Waals surface area contributed by atoms with E-state index in [0.29, 0.717) is 0 Å². The van der Waals surface area contributed by atoms with Gasteiger partial charge in [0.05, 0.1) is 8.66 Å². The van der Waals surface area contributed by atoms with E-state index < -0.39 is 0 Å². The predicted octanol–water partition coefficient (Wildman–Crippen LogP) is 4.11. The van der Waals surface area contributed by atoms with Crippen LogP contribution < -0.4 is 0 Å². The number of thiophene rings is 2. The Balaban J connectivity index is 2.41. The molecule has 14 heavy (non-hydrogen) atoms. The van der Waals surface area contributed by atoms with Crippen molar-refractivity contribution in [2.75, 3.05) is 0 Å². The zero-order chi connectivity index (χ0) is 10.1. The molecule has 0 spiro atoms. The Hall–Kier alpha value is -0.450. The van der Waals surface area contributed by atoms with Crippen molar-refractivity contribution in [1.82, 2.24) is 0 Å². The molecule has 0 unspecified atom stereocenters. The number of aryl methyl sites for hydroxylation is 1. The van der Waals surface area contributed by atoms with Crippen LogP contribution >= 0.6 is 38.6 Å². The number of carbonyl (C=O) groups is 1. The molecule has 1 nitrogen and oxygen atoms in total. The Morgan fingerprint density at radius 1 is 1.50 bits per heavy atom. The normalized spacial score (nSPS) is 10.4. The number of carbonyl (C=O) groups excluding carboxylic acids is 1. The molecule has 2 aromatic heterocycles. The molecule has 2 rings (SSSR count). The lowest BCUT2D eigenvalue weighted by molar-refractivity contribution is 0.104. The molecular formula is C10H7BrOS2. The van der Waals surface area contributed by atoms with Gasteiger partial charge in [-0.2, -0.15) is 0 Å².